The number of rotatable bonds is 5. The van der Waals surface area contributed by atoms with E-state index < -0.39 is 0 Å². The lowest BCUT2D eigenvalue weighted by molar-refractivity contribution is 0.627. The Labute approximate surface area is 161 Å². The van der Waals surface area contributed by atoms with E-state index in [1.165, 1.54) is 17.7 Å². The molecule has 1 heterocycles. The maximum absolute atomic E-state index is 13.1. The molecular weight excluding hydrogens is 357 g/mol. The second-order valence-electron chi connectivity index (χ2n) is 6.26. The molecule has 4 aromatic rings. The SMILES string of the molecule is Cc1ccc(-c2nnc(SCc3ccc(F)cc3)n2-c2ccccc2)cc1. The predicted octanol–water partition coefficient (Wildman–Crippen LogP) is 5.67. The summed E-state index contributed by atoms with van der Waals surface area (Å²) in [6.07, 6.45) is 0. The van der Waals surface area contributed by atoms with E-state index in [9.17, 15) is 4.39 Å². The molecule has 5 heteroatoms. The lowest BCUT2D eigenvalue weighted by atomic mass is 10.1. The third kappa shape index (κ3) is 3.93. The summed E-state index contributed by atoms with van der Waals surface area (Å²) in [7, 11) is 0. The van der Waals surface area contributed by atoms with Crippen LogP contribution in [0.4, 0.5) is 4.39 Å². The van der Waals surface area contributed by atoms with Gasteiger partial charge in [0.2, 0.25) is 0 Å². The molecule has 0 aliphatic rings. The Bertz CT molecular complexity index is 1030. The molecule has 0 fully saturated rings. The lowest BCUT2D eigenvalue weighted by Gasteiger charge is -2.10. The van der Waals surface area contributed by atoms with Crippen molar-refractivity contribution in [1.82, 2.24) is 14.8 Å². The zero-order chi connectivity index (χ0) is 18.6. The fraction of sp³-hybridized carbons (Fsp3) is 0.0909. The topological polar surface area (TPSA) is 30.7 Å². The molecule has 0 aliphatic carbocycles. The third-order valence-corrected chi connectivity index (χ3v) is 5.24. The Morgan fingerprint density at radius 1 is 0.852 bits per heavy atom. The molecule has 0 spiro atoms. The summed E-state index contributed by atoms with van der Waals surface area (Å²) in [4.78, 5) is 0. The number of nitrogens with zero attached hydrogens (tertiary/aromatic N) is 3. The van der Waals surface area contributed by atoms with Gasteiger partial charge in [0.1, 0.15) is 5.82 Å². The van der Waals surface area contributed by atoms with Crippen molar-refractivity contribution in [3.8, 4) is 17.1 Å². The molecule has 0 N–H and O–H groups in total. The van der Waals surface area contributed by atoms with Crippen molar-refractivity contribution in [2.75, 3.05) is 0 Å². The highest BCUT2D eigenvalue weighted by Crippen LogP contribution is 2.29. The van der Waals surface area contributed by atoms with Crippen molar-refractivity contribution < 1.29 is 4.39 Å². The second-order valence-corrected chi connectivity index (χ2v) is 7.20. The normalized spacial score (nSPS) is 10.9. The maximum atomic E-state index is 13.1. The number of aryl methyl sites for hydroxylation is 1. The number of benzene rings is 3. The number of halogens is 1. The molecule has 4 rings (SSSR count). The highest BCUT2D eigenvalue weighted by atomic mass is 32.2. The van der Waals surface area contributed by atoms with E-state index >= 15 is 0 Å². The number of thioether (sulfide) groups is 1. The minimum absolute atomic E-state index is 0.224. The van der Waals surface area contributed by atoms with Crippen LogP contribution in [0.1, 0.15) is 11.1 Å². The van der Waals surface area contributed by atoms with Crippen molar-refractivity contribution in [2.24, 2.45) is 0 Å². The van der Waals surface area contributed by atoms with E-state index in [-0.39, 0.29) is 5.82 Å². The van der Waals surface area contributed by atoms with Crippen LogP contribution in [0.2, 0.25) is 0 Å². The Hall–Kier alpha value is -2.92. The van der Waals surface area contributed by atoms with E-state index in [4.69, 9.17) is 0 Å². The molecule has 1 aromatic heterocycles. The summed E-state index contributed by atoms with van der Waals surface area (Å²) >= 11 is 1.59. The van der Waals surface area contributed by atoms with Crippen LogP contribution in [0.15, 0.2) is 84.0 Å². The number of hydrogen-bond acceptors (Lipinski definition) is 3. The minimum Gasteiger partial charge on any atom is -0.270 e. The van der Waals surface area contributed by atoms with Crippen LogP contribution < -0.4 is 0 Å². The average molecular weight is 375 g/mol. The Kier molecular flexibility index (Phi) is 5.03. The van der Waals surface area contributed by atoms with E-state index in [1.54, 1.807) is 23.9 Å². The summed E-state index contributed by atoms with van der Waals surface area (Å²) in [5, 5.41) is 9.68. The van der Waals surface area contributed by atoms with Crippen LogP contribution >= 0.6 is 11.8 Å². The third-order valence-electron chi connectivity index (χ3n) is 4.24. The molecule has 0 atom stereocenters. The molecule has 0 saturated heterocycles. The van der Waals surface area contributed by atoms with Gasteiger partial charge in [0.05, 0.1) is 0 Å². The van der Waals surface area contributed by atoms with E-state index in [0.29, 0.717) is 5.75 Å². The highest BCUT2D eigenvalue weighted by molar-refractivity contribution is 7.98. The van der Waals surface area contributed by atoms with Gasteiger partial charge in [-0.3, -0.25) is 4.57 Å². The van der Waals surface area contributed by atoms with Gasteiger partial charge in [-0.1, -0.05) is 71.9 Å². The second kappa shape index (κ2) is 7.76. The van der Waals surface area contributed by atoms with Gasteiger partial charge in [0.15, 0.2) is 11.0 Å². The van der Waals surface area contributed by atoms with Gasteiger partial charge in [-0.05, 0) is 36.8 Å². The monoisotopic (exact) mass is 375 g/mol. The van der Waals surface area contributed by atoms with Gasteiger partial charge < -0.3 is 0 Å². The van der Waals surface area contributed by atoms with Gasteiger partial charge >= 0.3 is 0 Å². The van der Waals surface area contributed by atoms with Gasteiger partial charge in [-0.2, -0.15) is 0 Å². The minimum atomic E-state index is -0.224. The van der Waals surface area contributed by atoms with E-state index in [1.807, 2.05) is 30.3 Å². The Morgan fingerprint density at radius 3 is 2.26 bits per heavy atom. The van der Waals surface area contributed by atoms with Crippen LogP contribution in [-0.2, 0) is 5.75 Å². The summed E-state index contributed by atoms with van der Waals surface area (Å²) in [6, 6.07) is 24.9. The number of aromatic nitrogens is 3. The first-order chi connectivity index (χ1) is 13.2. The van der Waals surface area contributed by atoms with Crippen molar-refractivity contribution >= 4 is 11.8 Å². The number of para-hydroxylation sites is 1. The zero-order valence-corrected chi connectivity index (χ0v) is 15.7. The van der Waals surface area contributed by atoms with Crippen molar-refractivity contribution in [3.63, 3.8) is 0 Å². The fourth-order valence-corrected chi connectivity index (χ4v) is 3.70. The molecule has 0 bridgehead atoms. The standard InChI is InChI=1S/C22H18FN3S/c1-16-7-11-18(12-8-16)21-24-25-22(26(21)20-5-3-2-4-6-20)27-15-17-9-13-19(23)14-10-17/h2-14H,15H2,1H3. The predicted molar refractivity (Wildman–Crippen MR) is 107 cm³/mol. The molecular formula is C22H18FN3S. The molecule has 0 radical (unpaired) electrons. The summed E-state index contributed by atoms with van der Waals surface area (Å²) in [5.74, 6) is 1.28. The largest absolute Gasteiger partial charge is 0.270 e. The first kappa shape index (κ1) is 17.5. The zero-order valence-electron chi connectivity index (χ0n) is 14.8. The summed E-state index contributed by atoms with van der Waals surface area (Å²) < 4.78 is 15.2. The van der Waals surface area contributed by atoms with Crippen LogP contribution in [0.25, 0.3) is 17.1 Å². The van der Waals surface area contributed by atoms with E-state index in [2.05, 4.69) is 46.0 Å². The summed E-state index contributed by atoms with van der Waals surface area (Å²) in [5.41, 5.74) is 4.28. The molecule has 0 unspecified atom stereocenters. The molecule has 3 aromatic carbocycles. The van der Waals surface area contributed by atoms with Crippen molar-refractivity contribution in [3.05, 3.63) is 95.8 Å². The van der Waals surface area contributed by atoms with Gasteiger partial charge in [0.25, 0.3) is 0 Å². The van der Waals surface area contributed by atoms with Crippen LogP contribution in [-0.4, -0.2) is 14.8 Å². The quantitative estimate of drug-likeness (QED) is 0.421. The Morgan fingerprint density at radius 2 is 1.56 bits per heavy atom. The molecule has 0 aliphatic heterocycles. The first-order valence-electron chi connectivity index (χ1n) is 8.66. The van der Waals surface area contributed by atoms with Gasteiger partial charge in [-0.25, -0.2) is 4.39 Å². The van der Waals surface area contributed by atoms with Crippen molar-refractivity contribution in [2.45, 2.75) is 17.8 Å². The smallest absolute Gasteiger partial charge is 0.196 e. The average Bonchev–Trinajstić information content (AvgIpc) is 3.13. The van der Waals surface area contributed by atoms with E-state index in [0.717, 1.165) is 27.8 Å². The fourth-order valence-electron chi connectivity index (χ4n) is 2.79. The number of hydrogen-bond donors (Lipinski definition) is 0. The molecule has 0 amide bonds. The lowest BCUT2D eigenvalue weighted by Crippen LogP contribution is -1.99. The molecule has 3 nitrogen and oxygen atoms in total. The van der Waals surface area contributed by atoms with Crippen LogP contribution in [0.5, 0.6) is 0 Å². The Balaban J connectivity index is 1.71. The highest BCUT2D eigenvalue weighted by Gasteiger charge is 2.16. The summed E-state index contributed by atoms with van der Waals surface area (Å²) in [6.45, 7) is 2.07. The van der Waals surface area contributed by atoms with Crippen molar-refractivity contribution in [1.29, 1.82) is 0 Å². The molecule has 0 saturated carbocycles. The maximum Gasteiger partial charge on any atom is 0.196 e. The van der Waals surface area contributed by atoms with Crippen LogP contribution in [0.3, 0.4) is 0 Å². The van der Waals surface area contributed by atoms with Crippen LogP contribution in [0, 0.1) is 12.7 Å². The van der Waals surface area contributed by atoms with Gasteiger partial charge in [-0.15, -0.1) is 10.2 Å². The molecule has 27 heavy (non-hydrogen) atoms. The molecule has 134 valence electrons. The van der Waals surface area contributed by atoms with Gasteiger partial charge in [0, 0.05) is 17.0 Å². The first-order valence-corrected chi connectivity index (χ1v) is 9.64.